The molecule has 0 N–H and O–H groups in total. The van der Waals surface area contributed by atoms with Gasteiger partial charge in [-0.15, -0.1) is 0 Å². The highest BCUT2D eigenvalue weighted by Gasteiger charge is 2.24. The van der Waals surface area contributed by atoms with Gasteiger partial charge >= 0.3 is 5.97 Å². The van der Waals surface area contributed by atoms with E-state index in [0.717, 1.165) is 18.1 Å². The van der Waals surface area contributed by atoms with Gasteiger partial charge in [-0.05, 0) is 44.6 Å². The number of hydrogen-bond acceptors (Lipinski definition) is 3. The van der Waals surface area contributed by atoms with E-state index in [0.29, 0.717) is 18.3 Å². The van der Waals surface area contributed by atoms with E-state index in [2.05, 4.69) is 32.9 Å². The lowest BCUT2D eigenvalue weighted by atomic mass is 9.85. The van der Waals surface area contributed by atoms with Gasteiger partial charge in [-0.25, -0.2) is 0 Å². The van der Waals surface area contributed by atoms with E-state index in [1.165, 1.54) is 30.4 Å². The van der Waals surface area contributed by atoms with Crippen LogP contribution in [0, 0.1) is 5.92 Å². The maximum atomic E-state index is 11.9. The highest BCUT2D eigenvalue weighted by atomic mass is 32.2. The molecule has 1 fully saturated rings. The molecule has 2 rings (SSSR count). The Morgan fingerprint density at radius 2 is 2.00 bits per heavy atom. The average Bonchev–Trinajstić information content (AvgIpc) is 2.55. The average molecular weight is 347 g/mol. The Hall–Kier alpha value is -1.22. The van der Waals surface area contributed by atoms with E-state index < -0.39 is 0 Å². The summed E-state index contributed by atoms with van der Waals surface area (Å²) in [4.78, 5) is 11.9. The lowest BCUT2D eigenvalue weighted by Gasteiger charge is -2.30. The fourth-order valence-corrected chi connectivity index (χ4v) is 4.80. The Bertz CT molecular complexity index is 546. The van der Waals surface area contributed by atoms with Gasteiger partial charge in [0.25, 0.3) is 0 Å². The summed E-state index contributed by atoms with van der Waals surface area (Å²) in [5.41, 5.74) is 4.28. The lowest BCUT2D eigenvalue weighted by Crippen LogP contribution is -2.20. The molecular weight excluding hydrogens is 316 g/mol. The Morgan fingerprint density at radius 3 is 2.71 bits per heavy atom. The van der Waals surface area contributed by atoms with Gasteiger partial charge in [-0.3, -0.25) is 4.79 Å². The van der Waals surface area contributed by atoms with Crippen LogP contribution in [-0.4, -0.2) is 23.6 Å². The Labute approximate surface area is 151 Å². The Balaban J connectivity index is 1.67. The van der Waals surface area contributed by atoms with Gasteiger partial charge in [-0.2, -0.15) is 11.8 Å². The van der Waals surface area contributed by atoms with Gasteiger partial charge in [0, 0.05) is 17.4 Å². The first kappa shape index (κ1) is 19.1. The topological polar surface area (TPSA) is 26.3 Å². The quantitative estimate of drug-likeness (QED) is 0.487. The number of ether oxygens (including phenoxy) is 1. The summed E-state index contributed by atoms with van der Waals surface area (Å²) >= 11 is 1.94. The zero-order chi connectivity index (χ0) is 17.4. The number of esters is 1. The van der Waals surface area contributed by atoms with Crippen LogP contribution in [0.5, 0.6) is 0 Å². The number of thioether (sulfide) groups is 1. The van der Waals surface area contributed by atoms with Crippen LogP contribution in [-0.2, 0) is 16.0 Å². The monoisotopic (exact) mass is 346 g/mol. The van der Waals surface area contributed by atoms with Crippen LogP contribution in [0.4, 0.5) is 0 Å². The highest BCUT2D eigenvalue weighted by molar-refractivity contribution is 8.00. The smallest absolute Gasteiger partial charge is 0.306 e. The van der Waals surface area contributed by atoms with E-state index >= 15 is 0 Å². The third-order valence-corrected chi connectivity index (χ3v) is 5.99. The first-order valence-electron chi connectivity index (χ1n) is 9.03. The summed E-state index contributed by atoms with van der Waals surface area (Å²) in [5, 5.41) is 0.593. The molecule has 0 heterocycles. The van der Waals surface area contributed by atoms with Crippen molar-refractivity contribution in [2.45, 2.75) is 58.1 Å². The standard InChI is InChI=1S/C21H30O2S/c1-16(2)19-10-9-17(3)15-20(19)24-14-12-21(22)23-13-11-18-7-5-4-6-8-18/h4-8,17,20H,9-15H2,1-3H3. The second-order valence-electron chi connectivity index (χ2n) is 6.97. The largest absolute Gasteiger partial charge is 0.465 e. The lowest BCUT2D eigenvalue weighted by molar-refractivity contribution is -0.143. The summed E-state index contributed by atoms with van der Waals surface area (Å²) in [6.07, 6.45) is 5.08. The van der Waals surface area contributed by atoms with Crippen molar-refractivity contribution in [3.8, 4) is 0 Å². The predicted octanol–water partition coefficient (Wildman–Crippen LogP) is 5.42. The molecule has 132 valence electrons. The molecule has 1 aromatic rings. The SMILES string of the molecule is CC(C)=C1CCC(C)CC1SCCC(=O)OCCc1ccccc1. The summed E-state index contributed by atoms with van der Waals surface area (Å²) in [6, 6.07) is 10.2. The fourth-order valence-electron chi connectivity index (χ4n) is 3.21. The first-order valence-corrected chi connectivity index (χ1v) is 10.1. The Morgan fingerprint density at radius 1 is 1.25 bits per heavy atom. The summed E-state index contributed by atoms with van der Waals surface area (Å²) in [7, 11) is 0. The zero-order valence-electron chi connectivity index (χ0n) is 15.2. The van der Waals surface area contributed by atoms with Gasteiger partial charge in [0.1, 0.15) is 0 Å². The molecule has 1 aliphatic rings. The third-order valence-electron chi connectivity index (χ3n) is 4.68. The molecule has 0 aromatic heterocycles. The number of benzene rings is 1. The van der Waals surface area contributed by atoms with E-state index in [1.54, 1.807) is 5.57 Å². The van der Waals surface area contributed by atoms with Gasteiger partial charge < -0.3 is 4.74 Å². The van der Waals surface area contributed by atoms with Crippen LogP contribution >= 0.6 is 11.8 Å². The normalized spacial score (nSPS) is 20.7. The number of hydrogen-bond donors (Lipinski definition) is 0. The van der Waals surface area contributed by atoms with Crippen LogP contribution in [0.3, 0.4) is 0 Å². The molecule has 1 saturated carbocycles. The molecule has 0 saturated heterocycles. The predicted molar refractivity (Wildman–Crippen MR) is 103 cm³/mol. The first-order chi connectivity index (χ1) is 11.6. The van der Waals surface area contributed by atoms with Crippen molar-refractivity contribution in [1.82, 2.24) is 0 Å². The van der Waals surface area contributed by atoms with Crippen LogP contribution in [0.2, 0.25) is 0 Å². The molecule has 0 bridgehead atoms. The molecule has 0 radical (unpaired) electrons. The minimum absolute atomic E-state index is 0.0685. The number of rotatable bonds is 7. The maximum Gasteiger partial charge on any atom is 0.306 e. The molecule has 0 amide bonds. The van der Waals surface area contributed by atoms with Crippen LogP contribution in [0.15, 0.2) is 41.5 Å². The van der Waals surface area contributed by atoms with E-state index in [9.17, 15) is 4.79 Å². The summed E-state index contributed by atoms with van der Waals surface area (Å²) in [5.74, 6) is 1.59. The minimum atomic E-state index is -0.0685. The van der Waals surface area contributed by atoms with Crippen molar-refractivity contribution in [3.63, 3.8) is 0 Å². The molecule has 1 aromatic carbocycles. The van der Waals surface area contributed by atoms with Crippen molar-refractivity contribution in [3.05, 3.63) is 47.0 Å². The molecule has 24 heavy (non-hydrogen) atoms. The zero-order valence-corrected chi connectivity index (χ0v) is 16.0. The van der Waals surface area contributed by atoms with Crippen LogP contribution in [0.1, 0.15) is 52.0 Å². The highest BCUT2D eigenvalue weighted by Crippen LogP contribution is 2.37. The molecule has 0 spiro atoms. The van der Waals surface area contributed by atoms with Gasteiger partial charge in [0.15, 0.2) is 0 Å². The van der Waals surface area contributed by atoms with E-state index in [-0.39, 0.29) is 5.97 Å². The molecule has 3 heteroatoms. The summed E-state index contributed by atoms with van der Waals surface area (Å²) in [6.45, 7) is 7.26. The van der Waals surface area contributed by atoms with Crippen molar-refractivity contribution in [2.75, 3.05) is 12.4 Å². The number of allylic oxidation sites excluding steroid dienone is 1. The summed E-state index contributed by atoms with van der Waals surface area (Å²) < 4.78 is 5.37. The second-order valence-corrected chi connectivity index (χ2v) is 8.28. The molecule has 0 aliphatic heterocycles. The van der Waals surface area contributed by atoms with E-state index in [4.69, 9.17) is 4.74 Å². The maximum absolute atomic E-state index is 11.9. The Kier molecular flexibility index (Phi) is 7.90. The molecule has 2 atom stereocenters. The van der Waals surface area contributed by atoms with Gasteiger partial charge in [0.2, 0.25) is 0 Å². The van der Waals surface area contributed by atoms with Crippen LogP contribution in [0.25, 0.3) is 0 Å². The van der Waals surface area contributed by atoms with Crippen molar-refractivity contribution in [2.24, 2.45) is 5.92 Å². The molecule has 1 aliphatic carbocycles. The van der Waals surface area contributed by atoms with Crippen molar-refractivity contribution < 1.29 is 9.53 Å². The van der Waals surface area contributed by atoms with Crippen LogP contribution < -0.4 is 0 Å². The molecular formula is C21H30O2S. The second kappa shape index (κ2) is 9.93. The van der Waals surface area contributed by atoms with Crippen molar-refractivity contribution >= 4 is 17.7 Å². The van der Waals surface area contributed by atoms with Gasteiger partial charge in [0.05, 0.1) is 13.0 Å². The van der Waals surface area contributed by atoms with Gasteiger partial charge in [-0.1, -0.05) is 48.4 Å². The fraction of sp³-hybridized carbons (Fsp3) is 0.571. The number of carbonyl (C=O) groups is 1. The van der Waals surface area contributed by atoms with E-state index in [1.807, 2.05) is 30.0 Å². The van der Waals surface area contributed by atoms with Crippen molar-refractivity contribution in [1.29, 1.82) is 0 Å². The minimum Gasteiger partial charge on any atom is -0.465 e. The third kappa shape index (κ3) is 6.35. The molecule has 2 unspecified atom stereocenters. The molecule has 2 nitrogen and oxygen atoms in total. The number of carbonyl (C=O) groups excluding carboxylic acids is 1.